The highest BCUT2D eigenvalue weighted by Gasteiger charge is 2.30. The zero-order valence-corrected chi connectivity index (χ0v) is 64.9. The van der Waals surface area contributed by atoms with Crippen LogP contribution in [0.2, 0.25) is 0 Å². The summed E-state index contributed by atoms with van der Waals surface area (Å²) in [7, 11) is -9.98. The van der Waals surface area contributed by atoms with Gasteiger partial charge in [-0.25, -0.2) is 9.13 Å². The smallest absolute Gasteiger partial charge is 0.462 e. The molecule has 17 nitrogen and oxygen atoms in total. The lowest BCUT2D eigenvalue weighted by atomic mass is 10.0. The predicted molar refractivity (Wildman–Crippen MR) is 409 cm³/mol. The van der Waals surface area contributed by atoms with E-state index in [2.05, 4.69) is 101 Å². The molecule has 0 aromatic rings. The fourth-order valence-electron chi connectivity index (χ4n) is 10.5. The van der Waals surface area contributed by atoms with E-state index in [0.29, 0.717) is 38.5 Å². The average molecular weight is 1450 g/mol. The highest BCUT2D eigenvalue weighted by atomic mass is 31.2. The zero-order valence-electron chi connectivity index (χ0n) is 63.1. The van der Waals surface area contributed by atoms with E-state index in [4.69, 9.17) is 37.0 Å². The van der Waals surface area contributed by atoms with Crippen LogP contribution in [0.25, 0.3) is 0 Å². The van der Waals surface area contributed by atoms with Gasteiger partial charge in [0.2, 0.25) is 0 Å². The molecule has 19 heteroatoms. The number of phosphoric ester groups is 2. The highest BCUT2D eigenvalue weighted by molar-refractivity contribution is 7.47. The summed E-state index contributed by atoms with van der Waals surface area (Å²) in [6.45, 7) is 4.73. The van der Waals surface area contributed by atoms with Crippen LogP contribution in [-0.4, -0.2) is 96.7 Å². The molecule has 0 aromatic carbocycles. The van der Waals surface area contributed by atoms with Crippen molar-refractivity contribution in [3.8, 4) is 0 Å². The topological polar surface area (TPSA) is 237 Å². The van der Waals surface area contributed by atoms with Crippen molar-refractivity contribution in [1.29, 1.82) is 0 Å². The monoisotopic (exact) mass is 1450 g/mol. The fraction of sp³-hybridized carbons (Fsp3) is 0.753. The summed E-state index contributed by atoms with van der Waals surface area (Å²) in [5.41, 5.74) is 0. The molecule has 578 valence electrons. The summed E-state index contributed by atoms with van der Waals surface area (Å²) in [6.07, 6.45) is 76.9. The van der Waals surface area contributed by atoms with Crippen LogP contribution in [0.15, 0.2) is 97.2 Å². The van der Waals surface area contributed by atoms with Crippen LogP contribution in [0.4, 0.5) is 0 Å². The number of hydrogen-bond acceptors (Lipinski definition) is 15. The van der Waals surface area contributed by atoms with Crippen molar-refractivity contribution in [2.24, 2.45) is 0 Å². The number of allylic oxidation sites excluding steroid dienone is 16. The van der Waals surface area contributed by atoms with E-state index in [1.54, 1.807) is 0 Å². The van der Waals surface area contributed by atoms with E-state index in [0.717, 1.165) is 96.3 Å². The Morgan fingerprint density at radius 3 is 0.800 bits per heavy atom. The second kappa shape index (κ2) is 73.3. The van der Waals surface area contributed by atoms with Crippen LogP contribution in [-0.2, 0) is 65.4 Å². The van der Waals surface area contributed by atoms with Crippen molar-refractivity contribution < 1.29 is 80.2 Å². The molecular weight excluding hydrogens is 1310 g/mol. The second-order valence-electron chi connectivity index (χ2n) is 26.3. The summed E-state index contributed by atoms with van der Waals surface area (Å²) in [4.78, 5) is 72.9. The molecule has 0 spiro atoms. The number of hydrogen-bond donors (Lipinski definition) is 3. The van der Waals surface area contributed by atoms with Gasteiger partial charge in [-0.1, -0.05) is 305 Å². The third kappa shape index (κ3) is 72.3. The van der Waals surface area contributed by atoms with E-state index >= 15 is 0 Å². The van der Waals surface area contributed by atoms with Crippen LogP contribution in [0.3, 0.4) is 0 Å². The maximum Gasteiger partial charge on any atom is 0.472 e. The van der Waals surface area contributed by atoms with Gasteiger partial charge in [0.05, 0.1) is 26.4 Å². The minimum absolute atomic E-state index is 0.00775. The van der Waals surface area contributed by atoms with Gasteiger partial charge in [-0.3, -0.25) is 37.3 Å². The molecule has 0 aliphatic rings. The normalized spacial score (nSPS) is 14.4. The maximum absolute atomic E-state index is 13.1. The van der Waals surface area contributed by atoms with Crippen LogP contribution in [0, 0.1) is 0 Å². The van der Waals surface area contributed by atoms with Crippen molar-refractivity contribution >= 4 is 39.5 Å². The summed E-state index contributed by atoms with van der Waals surface area (Å²) in [6, 6.07) is 0. The van der Waals surface area contributed by atoms with Gasteiger partial charge in [0.1, 0.15) is 19.3 Å². The zero-order chi connectivity index (χ0) is 73.2. The van der Waals surface area contributed by atoms with Crippen molar-refractivity contribution in [2.45, 2.75) is 354 Å². The summed E-state index contributed by atoms with van der Waals surface area (Å²) in [5, 5.41) is 10.6. The Bertz CT molecular complexity index is 2270. The van der Waals surface area contributed by atoms with Gasteiger partial charge in [0.25, 0.3) is 0 Å². The third-order valence-corrected chi connectivity index (χ3v) is 18.5. The molecule has 0 heterocycles. The van der Waals surface area contributed by atoms with Crippen molar-refractivity contribution in [3.63, 3.8) is 0 Å². The summed E-state index contributed by atoms with van der Waals surface area (Å²) in [5.74, 6) is -2.29. The maximum atomic E-state index is 13.1. The molecule has 5 atom stereocenters. The highest BCUT2D eigenvalue weighted by Crippen LogP contribution is 2.45. The Morgan fingerprint density at radius 1 is 0.280 bits per heavy atom. The van der Waals surface area contributed by atoms with E-state index in [1.807, 2.05) is 24.3 Å². The number of carbonyl (C=O) groups excluding carboxylic acids is 4. The van der Waals surface area contributed by atoms with Crippen molar-refractivity contribution in [3.05, 3.63) is 97.2 Å². The number of aliphatic hydroxyl groups is 1. The molecule has 0 saturated heterocycles. The van der Waals surface area contributed by atoms with Crippen molar-refractivity contribution in [1.82, 2.24) is 0 Å². The fourth-order valence-corrected chi connectivity index (χ4v) is 12.1. The van der Waals surface area contributed by atoms with Gasteiger partial charge in [-0.2, -0.15) is 0 Å². The number of carbonyl (C=O) groups is 4. The second-order valence-corrected chi connectivity index (χ2v) is 29.2. The van der Waals surface area contributed by atoms with Gasteiger partial charge < -0.3 is 33.8 Å². The van der Waals surface area contributed by atoms with Crippen LogP contribution in [0.1, 0.15) is 336 Å². The molecule has 0 bridgehead atoms. The lowest BCUT2D eigenvalue weighted by Gasteiger charge is -2.21. The quantitative estimate of drug-likeness (QED) is 0.0169. The first-order chi connectivity index (χ1) is 48.7. The van der Waals surface area contributed by atoms with Gasteiger partial charge >= 0.3 is 39.5 Å². The number of phosphoric acid groups is 2. The minimum atomic E-state index is -5.00. The van der Waals surface area contributed by atoms with E-state index < -0.39 is 97.5 Å². The van der Waals surface area contributed by atoms with Gasteiger partial charge in [-0.15, -0.1) is 0 Å². The molecule has 0 rings (SSSR count). The molecule has 2 unspecified atom stereocenters. The SMILES string of the molecule is CCCCC/C=C\C/C=C\C/C=C\C/C=C\CCCC(=O)OC[C@H](COP(=O)(O)OC[C@@H](O)COP(=O)(O)OC[C@@H](COC(=O)CCCCCCCCCCCCCCC)OC(=O)CCCCCCCCCCCCCCC)OC(=O)CCC/C=C\C/C=C\C/C=C\C/C=C\CCCCC. The Labute approximate surface area is 607 Å². The lowest BCUT2D eigenvalue weighted by Crippen LogP contribution is -2.30. The van der Waals surface area contributed by atoms with Gasteiger partial charge in [0, 0.05) is 25.7 Å². The Balaban J connectivity index is 5.43. The first kappa shape index (κ1) is 96.0. The molecule has 3 N–H and O–H groups in total. The molecular formula is C81H142O17P2. The molecule has 0 saturated carbocycles. The molecule has 100 heavy (non-hydrogen) atoms. The Morgan fingerprint density at radius 2 is 0.500 bits per heavy atom. The predicted octanol–water partition coefficient (Wildman–Crippen LogP) is 22.8. The average Bonchev–Trinajstić information content (AvgIpc) is 1.15. The molecule has 0 aliphatic carbocycles. The van der Waals surface area contributed by atoms with Gasteiger partial charge in [-0.05, 0) is 103 Å². The summed E-state index contributed by atoms with van der Waals surface area (Å²) >= 11 is 0. The van der Waals surface area contributed by atoms with E-state index in [1.165, 1.54) is 148 Å². The van der Waals surface area contributed by atoms with Crippen LogP contribution < -0.4 is 0 Å². The lowest BCUT2D eigenvalue weighted by molar-refractivity contribution is -0.161. The number of aliphatic hydroxyl groups excluding tert-OH is 1. The Kier molecular flexibility index (Phi) is 70.4. The molecule has 0 amide bonds. The third-order valence-electron chi connectivity index (χ3n) is 16.6. The first-order valence-electron chi connectivity index (χ1n) is 39.5. The first-order valence-corrected chi connectivity index (χ1v) is 42.5. The molecule has 0 radical (unpaired) electrons. The number of rotatable bonds is 74. The van der Waals surface area contributed by atoms with Crippen LogP contribution >= 0.6 is 15.6 Å². The minimum Gasteiger partial charge on any atom is -0.462 e. The number of esters is 4. The summed E-state index contributed by atoms with van der Waals surface area (Å²) < 4.78 is 68.4. The van der Waals surface area contributed by atoms with Crippen molar-refractivity contribution in [2.75, 3.05) is 39.6 Å². The van der Waals surface area contributed by atoms with E-state index in [9.17, 15) is 43.2 Å². The number of ether oxygens (including phenoxy) is 4. The van der Waals surface area contributed by atoms with E-state index in [-0.39, 0.29) is 25.7 Å². The molecule has 0 fully saturated rings. The molecule has 0 aliphatic heterocycles. The standard InChI is InChI=1S/C81H142O17P2/c1-5-9-13-17-21-25-29-33-35-37-39-43-46-50-54-58-62-66-79(84)92-72-77(98-81(86)68-64-60-56-52-48-44-40-38-36-34-30-26-22-18-14-10-6-2)74-96-100(89,90)94-70-75(82)69-93-99(87,88)95-73-76(97-80(85)67-63-59-55-51-47-42-32-28-24-20-16-12-8-4)71-91-78(83)65-61-57-53-49-45-41-31-27-23-19-15-11-7-3/h21-22,25-26,33-36,39-40,43-44,50,52,54,56,75-77,82H,5-20,23-24,27-32,37-38,41-42,45-49,51,53,55,57-74H2,1-4H3,(H,87,88)(H,89,90)/b25-21-,26-22-,35-33-,36-34-,43-39-,44-40-,54-50-,56-52-/t75-,76+,77+/m0/s1. The van der Waals surface area contributed by atoms with Crippen LogP contribution in [0.5, 0.6) is 0 Å². The number of unbranched alkanes of at least 4 members (excludes halogenated alkanes) is 32. The molecule has 0 aromatic heterocycles. The van der Waals surface area contributed by atoms with Gasteiger partial charge in [0.15, 0.2) is 12.2 Å². The largest absolute Gasteiger partial charge is 0.472 e. The Hall–Kier alpha value is -4.02.